The summed E-state index contributed by atoms with van der Waals surface area (Å²) < 4.78 is 40.3. The van der Waals surface area contributed by atoms with E-state index in [2.05, 4.69) is 4.98 Å². The number of nitrogens with zero attached hydrogens (tertiary/aromatic N) is 2. The van der Waals surface area contributed by atoms with Gasteiger partial charge in [0, 0.05) is 23.3 Å². The minimum absolute atomic E-state index is 0.185. The molecule has 1 aromatic heterocycles. The normalized spacial score (nSPS) is 12.5. The molecule has 0 saturated heterocycles. The molecule has 2 aromatic carbocycles. The number of rotatable bonds is 9. The average Bonchev–Trinajstić information content (AvgIpc) is 2.79. The Morgan fingerprint density at radius 3 is 2.31 bits per heavy atom. The van der Waals surface area contributed by atoms with Gasteiger partial charge in [-0.3, -0.25) is 9.78 Å². The highest BCUT2D eigenvalue weighted by molar-refractivity contribution is 7.90. The van der Waals surface area contributed by atoms with Crippen LogP contribution in [0.2, 0.25) is 5.02 Å². The Hall–Kier alpha value is -2.59. The summed E-state index contributed by atoms with van der Waals surface area (Å²) in [6.45, 7) is 2.11. The molecule has 168 valence electrons. The van der Waals surface area contributed by atoms with E-state index < -0.39 is 26.9 Å². The van der Waals surface area contributed by atoms with Crippen molar-refractivity contribution in [3.05, 3.63) is 94.8 Å². The maximum atomic E-state index is 13.3. The topological polar surface area (TPSA) is 96.4 Å². The number of benzene rings is 2. The minimum Gasteiger partial charge on any atom is -0.268 e. The van der Waals surface area contributed by atoms with Crippen LogP contribution in [0.25, 0.3) is 0 Å². The first-order chi connectivity index (χ1) is 15.3. The van der Waals surface area contributed by atoms with E-state index in [-0.39, 0.29) is 11.3 Å². The Bertz CT molecular complexity index is 1190. The van der Waals surface area contributed by atoms with Crippen molar-refractivity contribution in [1.82, 2.24) is 14.0 Å². The van der Waals surface area contributed by atoms with E-state index in [9.17, 15) is 17.4 Å². The molecule has 1 atom stereocenters. The van der Waals surface area contributed by atoms with E-state index in [1.54, 1.807) is 59.0 Å². The average molecular weight is 492 g/mol. The number of sulfonamides is 1. The molecule has 0 spiro atoms. The van der Waals surface area contributed by atoms with Crippen molar-refractivity contribution in [3.63, 3.8) is 0 Å². The molecule has 0 aliphatic carbocycles. The lowest BCUT2D eigenvalue weighted by molar-refractivity contribution is 0.0981. The number of pyridine rings is 1. The molecule has 1 amide bonds. The first kappa shape index (κ1) is 24.1. The first-order valence-corrected chi connectivity index (χ1v) is 12.9. The molecule has 1 unspecified atom stereocenters. The van der Waals surface area contributed by atoms with Gasteiger partial charge in [0.2, 0.25) is 10.0 Å². The van der Waals surface area contributed by atoms with Gasteiger partial charge in [-0.2, -0.15) is 0 Å². The maximum Gasteiger partial charge on any atom is 0.264 e. The number of nitrogens with one attached hydrogen (secondary N) is 1. The van der Waals surface area contributed by atoms with Crippen molar-refractivity contribution in [3.8, 4) is 0 Å². The number of carbonyl (C=O) groups excluding carboxylic acids is 1. The van der Waals surface area contributed by atoms with E-state index in [0.717, 1.165) is 11.3 Å². The molecular formula is C22H22ClN3O4S2. The molecule has 0 fully saturated rings. The summed E-state index contributed by atoms with van der Waals surface area (Å²) in [5.74, 6) is -0.871. The van der Waals surface area contributed by atoms with Gasteiger partial charge >= 0.3 is 0 Å². The number of hydrogen-bond acceptors (Lipinski definition) is 5. The van der Waals surface area contributed by atoms with Gasteiger partial charge in [0.05, 0.1) is 22.9 Å². The standard InChI is InChI=1S/C22H22ClN3O4S2/c1-2-32(29,30)25-22(27)18-8-6-17(7-9-18)15-26(16-20-5-3-4-14-24-20)31(28)21-12-10-19(23)11-13-21/h3-14H,2,15-16H2,1H3,(H,25,27). The Balaban J connectivity index is 1.80. The van der Waals surface area contributed by atoms with Crippen LogP contribution in [0.3, 0.4) is 0 Å². The van der Waals surface area contributed by atoms with Crippen LogP contribution in [0.5, 0.6) is 0 Å². The van der Waals surface area contributed by atoms with Crippen LogP contribution >= 0.6 is 11.6 Å². The van der Waals surface area contributed by atoms with Crippen LogP contribution in [-0.4, -0.2) is 33.6 Å². The molecule has 0 saturated carbocycles. The van der Waals surface area contributed by atoms with Crippen molar-refractivity contribution in [2.75, 3.05) is 5.75 Å². The van der Waals surface area contributed by atoms with Gasteiger partial charge in [0.1, 0.15) is 11.0 Å². The van der Waals surface area contributed by atoms with Crippen molar-refractivity contribution >= 4 is 38.5 Å². The SMILES string of the molecule is CCS(=O)(=O)NC(=O)c1ccc(CN(Cc2ccccn2)S(=O)c2ccc(Cl)cc2)cc1. The first-order valence-electron chi connectivity index (χ1n) is 9.73. The Morgan fingerprint density at radius 2 is 1.72 bits per heavy atom. The van der Waals surface area contributed by atoms with Crippen LogP contribution in [0, 0.1) is 0 Å². The lowest BCUT2D eigenvalue weighted by Gasteiger charge is -2.21. The molecule has 10 heteroatoms. The summed E-state index contributed by atoms with van der Waals surface area (Å²) >= 11 is 5.95. The summed E-state index contributed by atoms with van der Waals surface area (Å²) in [5, 5.41) is 0.556. The van der Waals surface area contributed by atoms with E-state index >= 15 is 0 Å². The van der Waals surface area contributed by atoms with Gasteiger partial charge in [-0.05, 0) is 61.0 Å². The molecule has 1 heterocycles. The zero-order chi connectivity index (χ0) is 23.1. The molecule has 7 nitrogen and oxygen atoms in total. The fourth-order valence-corrected chi connectivity index (χ4v) is 4.64. The van der Waals surface area contributed by atoms with Gasteiger partial charge in [-0.25, -0.2) is 21.7 Å². The van der Waals surface area contributed by atoms with Crippen LogP contribution < -0.4 is 4.72 Å². The van der Waals surface area contributed by atoms with Crippen LogP contribution in [0.15, 0.2) is 77.8 Å². The van der Waals surface area contributed by atoms with Crippen molar-refractivity contribution in [2.24, 2.45) is 0 Å². The van der Waals surface area contributed by atoms with Crippen molar-refractivity contribution in [2.45, 2.75) is 24.9 Å². The monoisotopic (exact) mass is 491 g/mol. The summed E-state index contributed by atoms with van der Waals surface area (Å²) in [5.41, 5.74) is 1.79. The lowest BCUT2D eigenvalue weighted by atomic mass is 10.1. The summed E-state index contributed by atoms with van der Waals surface area (Å²) in [6.07, 6.45) is 1.68. The van der Waals surface area contributed by atoms with Gasteiger partial charge in [-0.15, -0.1) is 0 Å². The third-order valence-corrected chi connectivity index (χ3v) is 7.43. The number of amides is 1. The molecular weight excluding hydrogens is 470 g/mol. The second kappa shape index (κ2) is 10.8. The van der Waals surface area contributed by atoms with Crippen LogP contribution in [0.4, 0.5) is 0 Å². The molecule has 3 rings (SSSR count). The van der Waals surface area contributed by atoms with Crippen LogP contribution in [-0.2, 0) is 34.1 Å². The summed E-state index contributed by atoms with van der Waals surface area (Å²) in [4.78, 5) is 17.1. The molecule has 1 N–H and O–H groups in total. The predicted molar refractivity (Wildman–Crippen MR) is 125 cm³/mol. The fourth-order valence-electron chi connectivity index (χ4n) is 2.78. The lowest BCUT2D eigenvalue weighted by Crippen LogP contribution is -2.31. The predicted octanol–water partition coefficient (Wildman–Crippen LogP) is 3.54. The largest absolute Gasteiger partial charge is 0.268 e. The highest BCUT2D eigenvalue weighted by atomic mass is 35.5. The highest BCUT2D eigenvalue weighted by Crippen LogP contribution is 2.19. The Labute approximate surface area is 195 Å². The number of hydrogen-bond donors (Lipinski definition) is 1. The van der Waals surface area contributed by atoms with Crippen molar-refractivity contribution < 1.29 is 17.4 Å². The van der Waals surface area contributed by atoms with Gasteiger partial charge in [0.25, 0.3) is 5.91 Å². The molecule has 0 radical (unpaired) electrons. The maximum absolute atomic E-state index is 13.3. The zero-order valence-corrected chi connectivity index (χ0v) is 19.7. The van der Waals surface area contributed by atoms with Crippen LogP contribution in [0.1, 0.15) is 28.5 Å². The second-order valence-corrected chi connectivity index (χ2v) is 10.8. The van der Waals surface area contributed by atoms with Gasteiger partial charge < -0.3 is 0 Å². The van der Waals surface area contributed by atoms with E-state index in [1.807, 2.05) is 22.9 Å². The van der Waals surface area contributed by atoms with E-state index in [0.29, 0.717) is 23.0 Å². The minimum atomic E-state index is -3.64. The smallest absolute Gasteiger partial charge is 0.264 e. The highest BCUT2D eigenvalue weighted by Gasteiger charge is 2.18. The molecule has 32 heavy (non-hydrogen) atoms. The van der Waals surface area contributed by atoms with Gasteiger partial charge in [-0.1, -0.05) is 29.8 Å². The number of halogens is 1. The molecule has 0 aliphatic rings. The van der Waals surface area contributed by atoms with E-state index in [4.69, 9.17) is 11.6 Å². The number of carbonyl (C=O) groups is 1. The Kier molecular flexibility index (Phi) is 8.14. The van der Waals surface area contributed by atoms with Crippen molar-refractivity contribution in [1.29, 1.82) is 0 Å². The Morgan fingerprint density at radius 1 is 1.03 bits per heavy atom. The van der Waals surface area contributed by atoms with E-state index in [1.165, 1.54) is 6.92 Å². The summed E-state index contributed by atoms with van der Waals surface area (Å²) in [6, 6.07) is 18.8. The summed E-state index contributed by atoms with van der Waals surface area (Å²) in [7, 11) is -5.12. The third kappa shape index (κ3) is 6.70. The third-order valence-electron chi connectivity index (χ3n) is 4.52. The quantitative estimate of drug-likeness (QED) is 0.494. The zero-order valence-electron chi connectivity index (χ0n) is 17.3. The number of aromatic nitrogens is 1. The second-order valence-electron chi connectivity index (χ2n) is 6.85. The molecule has 0 bridgehead atoms. The fraction of sp³-hybridized carbons (Fsp3) is 0.182. The molecule has 3 aromatic rings. The van der Waals surface area contributed by atoms with Gasteiger partial charge in [0.15, 0.2) is 0 Å². The molecule has 0 aliphatic heterocycles.